The predicted octanol–water partition coefficient (Wildman–Crippen LogP) is 4.00. The van der Waals surface area contributed by atoms with Crippen molar-refractivity contribution in [1.29, 1.82) is 0 Å². The van der Waals surface area contributed by atoms with Crippen molar-refractivity contribution >= 4 is 11.7 Å². The number of methoxy groups -OCH3 is 1. The SMILES string of the molecule is CCc1ccccc1NC(=O)N1CCCN(Cc2ccc(OC)cc2)CC1. The largest absolute Gasteiger partial charge is 0.497 e. The van der Waals surface area contributed by atoms with Crippen LogP contribution in [0.1, 0.15) is 24.5 Å². The number of benzene rings is 2. The molecule has 1 aliphatic heterocycles. The topological polar surface area (TPSA) is 44.8 Å². The molecule has 1 heterocycles. The van der Waals surface area contributed by atoms with Crippen molar-refractivity contribution < 1.29 is 9.53 Å². The number of amides is 2. The number of carbonyl (C=O) groups is 1. The Morgan fingerprint density at radius 2 is 1.81 bits per heavy atom. The lowest BCUT2D eigenvalue weighted by molar-refractivity contribution is 0.211. The molecule has 144 valence electrons. The van der Waals surface area contributed by atoms with E-state index in [-0.39, 0.29) is 6.03 Å². The summed E-state index contributed by atoms with van der Waals surface area (Å²) in [5.41, 5.74) is 3.36. The van der Waals surface area contributed by atoms with Gasteiger partial charge in [-0.15, -0.1) is 0 Å². The summed E-state index contributed by atoms with van der Waals surface area (Å²) >= 11 is 0. The Hall–Kier alpha value is -2.53. The summed E-state index contributed by atoms with van der Waals surface area (Å²) in [6.45, 7) is 6.43. The summed E-state index contributed by atoms with van der Waals surface area (Å²) in [4.78, 5) is 17.0. The van der Waals surface area contributed by atoms with Crippen LogP contribution in [0.15, 0.2) is 48.5 Å². The van der Waals surface area contributed by atoms with Crippen molar-refractivity contribution in [3.8, 4) is 5.75 Å². The van der Waals surface area contributed by atoms with Gasteiger partial charge in [0.2, 0.25) is 0 Å². The van der Waals surface area contributed by atoms with E-state index in [1.54, 1.807) is 7.11 Å². The standard InChI is InChI=1S/C22H29N3O2/c1-3-19-7-4-5-8-21(19)23-22(26)25-14-6-13-24(15-16-25)17-18-9-11-20(27-2)12-10-18/h4-5,7-12H,3,6,13-17H2,1-2H3,(H,23,26). The van der Waals surface area contributed by atoms with Crippen LogP contribution in [0.2, 0.25) is 0 Å². The van der Waals surface area contributed by atoms with Crippen LogP contribution in [0.5, 0.6) is 5.75 Å². The number of urea groups is 1. The zero-order chi connectivity index (χ0) is 19.1. The smallest absolute Gasteiger partial charge is 0.321 e. The Morgan fingerprint density at radius 1 is 1.04 bits per heavy atom. The second-order valence-electron chi connectivity index (χ2n) is 6.91. The number of para-hydroxylation sites is 1. The molecule has 2 aromatic rings. The summed E-state index contributed by atoms with van der Waals surface area (Å²) in [7, 11) is 1.68. The fourth-order valence-electron chi connectivity index (χ4n) is 3.47. The minimum Gasteiger partial charge on any atom is -0.497 e. The number of rotatable bonds is 5. The van der Waals surface area contributed by atoms with Gasteiger partial charge in [0.1, 0.15) is 5.75 Å². The molecule has 1 aliphatic rings. The van der Waals surface area contributed by atoms with Crippen molar-refractivity contribution in [2.45, 2.75) is 26.3 Å². The first-order valence-electron chi connectivity index (χ1n) is 9.68. The van der Waals surface area contributed by atoms with Crippen LogP contribution in [-0.4, -0.2) is 49.1 Å². The molecule has 1 saturated heterocycles. The van der Waals surface area contributed by atoms with Crippen molar-refractivity contribution in [2.24, 2.45) is 0 Å². The van der Waals surface area contributed by atoms with Crippen LogP contribution in [0.4, 0.5) is 10.5 Å². The van der Waals surface area contributed by atoms with Gasteiger partial charge in [-0.05, 0) is 42.2 Å². The van der Waals surface area contributed by atoms with E-state index in [1.165, 1.54) is 11.1 Å². The van der Waals surface area contributed by atoms with E-state index in [9.17, 15) is 4.79 Å². The zero-order valence-corrected chi connectivity index (χ0v) is 16.3. The minimum absolute atomic E-state index is 0.00203. The second-order valence-corrected chi connectivity index (χ2v) is 6.91. The number of nitrogens with one attached hydrogen (secondary N) is 1. The number of hydrogen-bond acceptors (Lipinski definition) is 3. The highest BCUT2D eigenvalue weighted by atomic mass is 16.5. The third kappa shape index (κ3) is 5.23. The molecule has 5 nitrogen and oxygen atoms in total. The van der Waals surface area contributed by atoms with Crippen molar-refractivity contribution in [1.82, 2.24) is 9.80 Å². The van der Waals surface area contributed by atoms with Gasteiger partial charge < -0.3 is 15.0 Å². The van der Waals surface area contributed by atoms with Crippen molar-refractivity contribution in [3.05, 3.63) is 59.7 Å². The van der Waals surface area contributed by atoms with Crippen LogP contribution in [-0.2, 0) is 13.0 Å². The normalized spacial score (nSPS) is 15.3. The Balaban J connectivity index is 1.55. The molecule has 27 heavy (non-hydrogen) atoms. The van der Waals surface area contributed by atoms with E-state index < -0.39 is 0 Å². The average Bonchev–Trinajstić information content (AvgIpc) is 2.94. The molecule has 1 N–H and O–H groups in total. The fourth-order valence-corrected chi connectivity index (χ4v) is 3.47. The summed E-state index contributed by atoms with van der Waals surface area (Å²) in [5, 5.41) is 3.09. The summed E-state index contributed by atoms with van der Waals surface area (Å²) in [6, 6.07) is 16.2. The van der Waals surface area contributed by atoms with Crippen LogP contribution in [0.3, 0.4) is 0 Å². The maximum atomic E-state index is 12.7. The molecule has 0 radical (unpaired) electrons. The molecule has 0 aliphatic carbocycles. The number of carbonyl (C=O) groups excluding carboxylic acids is 1. The third-order valence-electron chi connectivity index (χ3n) is 5.08. The maximum absolute atomic E-state index is 12.7. The first-order valence-corrected chi connectivity index (χ1v) is 9.68. The fraction of sp³-hybridized carbons (Fsp3) is 0.409. The van der Waals surface area contributed by atoms with Crippen LogP contribution in [0.25, 0.3) is 0 Å². The minimum atomic E-state index is 0.00203. The lowest BCUT2D eigenvalue weighted by Gasteiger charge is -2.23. The Bertz CT molecular complexity index is 745. The molecule has 5 heteroatoms. The Kier molecular flexibility index (Phi) is 6.71. The molecule has 2 amide bonds. The molecule has 0 unspecified atom stereocenters. The molecule has 0 atom stereocenters. The summed E-state index contributed by atoms with van der Waals surface area (Å²) in [5.74, 6) is 0.879. The number of anilines is 1. The van der Waals surface area contributed by atoms with Gasteiger partial charge in [0.25, 0.3) is 0 Å². The van der Waals surface area contributed by atoms with Crippen LogP contribution < -0.4 is 10.1 Å². The molecule has 0 spiro atoms. The van der Waals surface area contributed by atoms with Crippen molar-refractivity contribution in [3.63, 3.8) is 0 Å². The van der Waals surface area contributed by atoms with Crippen molar-refractivity contribution in [2.75, 3.05) is 38.6 Å². The molecular formula is C22H29N3O2. The average molecular weight is 367 g/mol. The predicted molar refractivity (Wildman–Crippen MR) is 109 cm³/mol. The third-order valence-corrected chi connectivity index (χ3v) is 5.08. The van der Waals surface area contributed by atoms with Crippen LogP contribution in [0, 0.1) is 0 Å². The molecule has 1 fully saturated rings. The lowest BCUT2D eigenvalue weighted by Crippen LogP contribution is -2.38. The highest BCUT2D eigenvalue weighted by molar-refractivity contribution is 5.90. The van der Waals surface area contributed by atoms with Crippen LogP contribution >= 0.6 is 0 Å². The number of aryl methyl sites for hydroxylation is 1. The van der Waals surface area contributed by atoms with Gasteiger partial charge >= 0.3 is 6.03 Å². The summed E-state index contributed by atoms with van der Waals surface area (Å²) in [6.07, 6.45) is 1.89. The van der Waals surface area contributed by atoms with E-state index in [2.05, 4.69) is 35.3 Å². The van der Waals surface area contributed by atoms with Gasteiger partial charge in [0.15, 0.2) is 0 Å². The number of hydrogen-bond donors (Lipinski definition) is 1. The Morgan fingerprint density at radius 3 is 2.56 bits per heavy atom. The molecular weight excluding hydrogens is 338 g/mol. The van der Waals surface area contributed by atoms with E-state index >= 15 is 0 Å². The van der Waals surface area contributed by atoms with E-state index in [4.69, 9.17) is 4.74 Å². The molecule has 2 aromatic carbocycles. The molecule has 0 bridgehead atoms. The van der Waals surface area contributed by atoms with Gasteiger partial charge in [-0.1, -0.05) is 37.3 Å². The van der Waals surface area contributed by atoms with Gasteiger partial charge in [0.05, 0.1) is 7.11 Å². The zero-order valence-electron chi connectivity index (χ0n) is 16.3. The number of nitrogens with zero attached hydrogens (tertiary/aromatic N) is 2. The van der Waals surface area contributed by atoms with E-state index in [1.807, 2.05) is 35.2 Å². The second kappa shape index (κ2) is 9.42. The van der Waals surface area contributed by atoms with Gasteiger partial charge in [-0.25, -0.2) is 4.79 Å². The lowest BCUT2D eigenvalue weighted by atomic mass is 10.1. The van der Waals surface area contributed by atoms with Gasteiger partial charge in [-0.2, -0.15) is 0 Å². The summed E-state index contributed by atoms with van der Waals surface area (Å²) < 4.78 is 5.22. The first kappa shape index (κ1) is 19.2. The van der Waals surface area contributed by atoms with E-state index in [0.29, 0.717) is 0 Å². The quantitative estimate of drug-likeness (QED) is 0.869. The monoisotopic (exact) mass is 367 g/mol. The first-order chi connectivity index (χ1) is 13.2. The molecule has 0 saturated carbocycles. The maximum Gasteiger partial charge on any atom is 0.321 e. The van der Waals surface area contributed by atoms with Gasteiger partial charge in [-0.3, -0.25) is 4.90 Å². The highest BCUT2D eigenvalue weighted by Gasteiger charge is 2.19. The number of ether oxygens (including phenoxy) is 1. The molecule has 3 rings (SSSR count). The molecule has 0 aromatic heterocycles. The highest BCUT2D eigenvalue weighted by Crippen LogP contribution is 2.17. The Labute approximate surface area is 161 Å². The van der Waals surface area contributed by atoms with Gasteiger partial charge in [0, 0.05) is 38.4 Å². The van der Waals surface area contributed by atoms with E-state index in [0.717, 1.165) is 57.0 Å².